The Morgan fingerprint density at radius 3 is 1.86 bits per heavy atom. The average Bonchev–Trinajstić information content (AvgIpc) is 3.61. The molecule has 2 heterocycles. The van der Waals surface area contributed by atoms with Crippen LogP contribution in [0.2, 0.25) is 0 Å². The fraction of sp³-hybridized carbons (Fsp3) is 0.0213. The Morgan fingerprint density at radius 1 is 0.431 bits per heavy atom. The van der Waals surface area contributed by atoms with Gasteiger partial charge in [0.25, 0.3) is 0 Å². The molecule has 0 bridgehead atoms. The van der Waals surface area contributed by atoms with Crippen LogP contribution in [0.15, 0.2) is 190 Å². The summed E-state index contributed by atoms with van der Waals surface area (Å²) in [6.45, 7) is 0. The van der Waals surface area contributed by atoms with Gasteiger partial charge in [-0.15, -0.1) is 0 Å². The average molecular weight is 654 g/mol. The van der Waals surface area contributed by atoms with Crippen LogP contribution in [0.4, 0.5) is 0 Å². The van der Waals surface area contributed by atoms with Gasteiger partial charge in [0.1, 0.15) is 22.8 Å². The zero-order chi connectivity index (χ0) is 33.7. The number of amidine groups is 2. The first-order valence-corrected chi connectivity index (χ1v) is 17.3. The highest BCUT2D eigenvalue weighted by atomic mass is 16.3. The van der Waals surface area contributed by atoms with Crippen molar-refractivity contribution in [1.29, 1.82) is 0 Å². The van der Waals surface area contributed by atoms with Crippen molar-refractivity contribution in [2.24, 2.45) is 9.98 Å². The van der Waals surface area contributed by atoms with E-state index in [1.807, 2.05) is 36.4 Å². The first kappa shape index (κ1) is 29.2. The van der Waals surface area contributed by atoms with Gasteiger partial charge in [-0.05, 0) is 62.0 Å². The summed E-state index contributed by atoms with van der Waals surface area (Å²) in [4.78, 5) is 10.6. The summed E-state index contributed by atoms with van der Waals surface area (Å²) in [6.07, 6.45) is -0.442. The topological polar surface area (TPSA) is 49.9 Å². The molecule has 4 heteroatoms. The van der Waals surface area contributed by atoms with Crippen molar-refractivity contribution < 1.29 is 4.42 Å². The van der Waals surface area contributed by atoms with Crippen LogP contribution in [-0.2, 0) is 0 Å². The van der Waals surface area contributed by atoms with E-state index in [9.17, 15) is 0 Å². The van der Waals surface area contributed by atoms with E-state index < -0.39 is 6.17 Å². The van der Waals surface area contributed by atoms with Crippen LogP contribution in [0.5, 0.6) is 0 Å². The molecule has 8 aromatic carbocycles. The Morgan fingerprint density at radius 2 is 1.04 bits per heavy atom. The van der Waals surface area contributed by atoms with Crippen LogP contribution >= 0.6 is 0 Å². The van der Waals surface area contributed by atoms with E-state index in [-0.39, 0.29) is 0 Å². The van der Waals surface area contributed by atoms with Gasteiger partial charge in [-0.3, -0.25) is 0 Å². The lowest BCUT2D eigenvalue weighted by Crippen LogP contribution is -2.36. The van der Waals surface area contributed by atoms with Gasteiger partial charge < -0.3 is 9.73 Å². The second-order valence-electron chi connectivity index (χ2n) is 13.0. The van der Waals surface area contributed by atoms with Crippen molar-refractivity contribution in [2.45, 2.75) is 6.17 Å². The van der Waals surface area contributed by atoms with E-state index in [0.29, 0.717) is 0 Å². The summed E-state index contributed by atoms with van der Waals surface area (Å²) in [7, 11) is 0. The van der Waals surface area contributed by atoms with E-state index >= 15 is 0 Å². The van der Waals surface area contributed by atoms with Crippen LogP contribution in [0.1, 0.15) is 22.9 Å². The molecule has 1 unspecified atom stereocenters. The molecule has 1 aliphatic heterocycles. The Kier molecular flexibility index (Phi) is 6.85. The van der Waals surface area contributed by atoms with E-state index in [2.05, 4.69) is 145 Å². The minimum absolute atomic E-state index is 0.442. The predicted molar refractivity (Wildman–Crippen MR) is 211 cm³/mol. The number of fused-ring (bicyclic) bond motifs is 6. The number of furan rings is 1. The molecule has 1 aromatic heterocycles. The van der Waals surface area contributed by atoms with E-state index in [1.54, 1.807) is 0 Å². The Bertz CT molecular complexity index is 2830. The molecule has 1 N–H and O–H groups in total. The molecule has 240 valence electrons. The zero-order valence-electron chi connectivity index (χ0n) is 27.6. The molecule has 10 rings (SSSR count). The number of aliphatic imine (C=N–C) groups is 2. The Labute approximate surface area is 295 Å². The quantitative estimate of drug-likeness (QED) is 0.188. The molecule has 0 saturated carbocycles. The molecule has 1 aliphatic rings. The molecule has 0 radical (unpaired) electrons. The molecule has 0 amide bonds. The number of nitrogens with one attached hydrogen (secondary N) is 1. The molecular formula is C47H31N3O. The number of hydrogen-bond donors (Lipinski definition) is 1. The van der Waals surface area contributed by atoms with Gasteiger partial charge in [0.2, 0.25) is 0 Å². The minimum Gasteiger partial charge on any atom is -0.455 e. The molecule has 4 nitrogen and oxygen atoms in total. The van der Waals surface area contributed by atoms with E-state index in [0.717, 1.165) is 72.6 Å². The molecule has 0 fully saturated rings. The second-order valence-corrected chi connectivity index (χ2v) is 13.0. The summed E-state index contributed by atoms with van der Waals surface area (Å²) in [5, 5.41) is 10.7. The van der Waals surface area contributed by atoms with Crippen LogP contribution in [0, 0.1) is 0 Å². The van der Waals surface area contributed by atoms with Crippen LogP contribution in [0.25, 0.3) is 65.7 Å². The smallest absolute Gasteiger partial charge is 0.169 e. The van der Waals surface area contributed by atoms with Gasteiger partial charge >= 0.3 is 0 Å². The minimum atomic E-state index is -0.442. The largest absolute Gasteiger partial charge is 0.455 e. The van der Waals surface area contributed by atoms with Gasteiger partial charge in [0.15, 0.2) is 6.17 Å². The van der Waals surface area contributed by atoms with E-state index in [4.69, 9.17) is 14.4 Å². The lowest BCUT2D eigenvalue weighted by molar-refractivity contribution is 0.670. The lowest BCUT2D eigenvalue weighted by Gasteiger charge is -2.24. The van der Waals surface area contributed by atoms with Crippen LogP contribution in [0.3, 0.4) is 0 Å². The summed E-state index contributed by atoms with van der Waals surface area (Å²) < 4.78 is 6.64. The fourth-order valence-corrected chi connectivity index (χ4v) is 7.48. The Balaban J connectivity index is 1.17. The van der Waals surface area contributed by atoms with Crippen molar-refractivity contribution >= 4 is 55.2 Å². The maximum absolute atomic E-state index is 6.64. The fourth-order valence-electron chi connectivity index (χ4n) is 7.48. The van der Waals surface area contributed by atoms with Crippen molar-refractivity contribution in [3.8, 4) is 22.3 Å². The monoisotopic (exact) mass is 653 g/mol. The normalized spacial score (nSPS) is 14.5. The van der Waals surface area contributed by atoms with Gasteiger partial charge in [0.05, 0.1) is 0 Å². The lowest BCUT2D eigenvalue weighted by atomic mass is 9.91. The highest BCUT2D eigenvalue weighted by Crippen LogP contribution is 2.43. The van der Waals surface area contributed by atoms with Crippen LogP contribution in [-0.4, -0.2) is 11.7 Å². The maximum Gasteiger partial charge on any atom is 0.169 e. The summed E-state index contributed by atoms with van der Waals surface area (Å²) in [6, 6.07) is 61.5. The molecule has 51 heavy (non-hydrogen) atoms. The number of rotatable bonds is 5. The maximum atomic E-state index is 6.64. The molecule has 1 atom stereocenters. The predicted octanol–water partition coefficient (Wildman–Crippen LogP) is 11.7. The van der Waals surface area contributed by atoms with Crippen molar-refractivity contribution in [3.05, 3.63) is 193 Å². The van der Waals surface area contributed by atoms with Gasteiger partial charge in [0, 0.05) is 27.5 Å². The third-order valence-electron chi connectivity index (χ3n) is 9.94. The third-order valence-corrected chi connectivity index (χ3v) is 9.94. The van der Waals surface area contributed by atoms with Gasteiger partial charge in [-0.2, -0.15) is 0 Å². The third kappa shape index (κ3) is 5.00. The first-order valence-electron chi connectivity index (χ1n) is 17.3. The van der Waals surface area contributed by atoms with Gasteiger partial charge in [-0.25, -0.2) is 9.98 Å². The van der Waals surface area contributed by atoms with Crippen LogP contribution < -0.4 is 5.32 Å². The molecule has 0 aliphatic carbocycles. The zero-order valence-corrected chi connectivity index (χ0v) is 27.6. The second kappa shape index (κ2) is 12.0. The SMILES string of the molecule is c1ccc(C2=NC(c3ccc4ccc5ccccc5c4c3)N=C(c3ccccc3-c3ccc(-c4ccccc4)c4oc5ccccc5c34)N2)cc1. The summed E-state index contributed by atoms with van der Waals surface area (Å²) in [5.41, 5.74) is 9.13. The number of benzene rings is 8. The molecule has 0 spiro atoms. The van der Waals surface area contributed by atoms with Crippen molar-refractivity contribution in [2.75, 3.05) is 0 Å². The highest BCUT2D eigenvalue weighted by molar-refractivity contribution is 6.21. The summed E-state index contributed by atoms with van der Waals surface area (Å²) in [5.74, 6) is 1.56. The summed E-state index contributed by atoms with van der Waals surface area (Å²) >= 11 is 0. The number of nitrogens with zero attached hydrogens (tertiary/aromatic N) is 2. The van der Waals surface area contributed by atoms with E-state index in [1.165, 1.54) is 21.5 Å². The van der Waals surface area contributed by atoms with Crippen molar-refractivity contribution in [3.63, 3.8) is 0 Å². The number of hydrogen-bond acceptors (Lipinski definition) is 4. The standard InChI is InChI=1S/C47H31N3O/c1-3-13-30(14-4-1)36-27-28-38(43-40-21-11-12-22-42(40)51-44(36)43)37-19-9-10-20-39(37)47-49-45(33-16-5-2-6-17-33)48-46(50-47)34-26-25-32-24-23-31-15-7-8-18-35(31)41(32)29-34/h1-29,46H,(H,48,49,50). The first-order chi connectivity index (χ1) is 25.3. The molecular weight excluding hydrogens is 623 g/mol. The number of para-hydroxylation sites is 1. The molecule has 9 aromatic rings. The Hall–Kier alpha value is -6.78. The highest BCUT2D eigenvalue weighted by Gasteiger charge is 2.25. The van der Waals surface area contributed by atoms with Crippen molar-refractivity contribution in [1.82, 2.24) is 5.32 Å². The molecule has 0 saturated heterocycles. The van der Waals surface area contributed by atoms with Gasteiger partial charge in [-0.1, -0.05) is 158 Å².